The van der Waals surface area contributed by atoms with Crippen LogP contribution in [0.15, 0.2) is 35.5 Å². The zero-order valence-corrected chi connectivity index (χ0v) is 17.6. The lowest BCUT2D eigenvalue weighted by Crippen LogP contribution is -2.39. The van der Waals surface area contributed by atoms with Crippen molar-refractivity contribution in [2.75, 3.05) is 40.0 Å². The first-order valence-electron chi connectivity index (χ1n) is 9.05. The number of benzene rings is 1. The fourth-order valence-corrected chi connectivity index (χ4v) is 3.05. The number of hydrogen-bond donors (Lipinski definition) is 3. The Morgan fingerprint density at radius 2 is 2.15 bits per heavy atom. The van der Waals surface area contributed by atoms with Crippen LogP contribution >= 0.6 is 24.0 Å². The molecule has 1 aliphatic rings. The van der Waals surface area contributed by atoms with Crippen molar-refractivity contribution in [2.24, 2.45) is 4.99 Å². The Labute approximate surface area is 172 Å². The van der Waals surface area contributed by atoms with Gasteiger partial charge in [0.15, 0.2) is 5.96 Å². The number of aromatic amines is 1. The molecule has 0 radical (unpaired) electrons. The molecule has 0 bridgehead atoms. The van der Waals surface area contributed by atoms with Crippen LogP contribution in [0.4, 0.5) is 0 Å². The van der Waals surface area contributed by atoms with Gasteiger partial charge in [-0.3, -0.25) is 4.99 Å². The van der Waals surface area contributed by atoms with Crippen LogP contribution in [0, 0.1) is 0 Å². The van der Waals surface area contributed by atoms with E-state index in [0.717, 1.165) is 58.1 Å². The molecule has 3 N–H and O–H groups in total. The fourth-order valence-electron chi connectivity index (χ4n) is 3.05. The number of H-pyrrole nitrogens is 1. The van der Waals surface area contributed by atoms with E-state index in [9.17, 15) is 0 Å². The zero-order valence-electron chi connectivity index (χ0n) is 15.3. The normalized spacial score (nSPS) is 17.3. The summed E-state index contributed by atoms with van der Waals surface area (Å²) in [5.74, 6) is 0.837. The molecule has 1 aromatic heterocycles. The summed E-state index contributed by atoms with van der Waals surface area (Å²) in [6.45, 7) is 4.02. The first-order valence-corrected chi connectivity index (χ1v) is 9.05. The van der Waals surface area contributed by atoms with Gasteiger partial charge in [0.1, 0.15) is 0 Å². The molecule has 1 saturated heterocycles. The lowest BCUT2D eigenvalue weighted by molar-refractivity contribution is 0.0420. The third-order valence-corrected chi connectivity index (χ3v) is 4.44. The number of rotatable bonds is 8. The number of nitrogens with one attached hydrogen (secondary N) is 3. The van der Waals surface area contributed by atoms with Crippen LogP contribution in [0.5, 0.6) is 0 Å². The molecule has 0 spiro atoms. The number of guanidine groups is 1. The maximum absolute atomic E-state index is 5.76. The molecule has 1 atom stereocenters. The first-order chi connectivity index (χ1) is 12.4. The molecule has 144 valence electrons. The van der Waals surface area contributed by atoms with E-state index in [2.05, 4.69) is 51.1 Å². The van der Waals surface area contributed by atoms with Gasteiger partial charge in [-0.05, 0) is 30.9 Å². The van der Waals surface area contributed by atoms with Crippen molar-refractivity contribution in [3.05, 3.63) is 36.0 Å². The van der Waals surface area contributed by atoms with Crippen LogP contribution in [0.2, 0.25) is 0 Å². The molecule has 1 aromatic carbocycles. The summed E-state index contributed by atoms with van der Waals surface area (Å²) in [5.41, 5.74) is 2.51. The largest absolute Gasteiger partial charge is 0.379 e. The third-order valence-electron chi connectivity index (χ3n) is 4.44. The van der Waals surface area contributed by atoms with E-state index in [1.807, 2.05) is 0 Å². The molecule has 6 nitrogen and oxygen atoms in total. The average molecular weight is 472 g/mol. The highest BCUT2D eigenvalue weighted by molar-refractivity contribution is 14.0. The van der Waals surface area contributed by atoms with Gasteiger partial charge in [0.05, 0.1) is 12.7 Å². The Balaban J connectivity index is 0.00000243. The maximum atomic E-state index is 5.76. The molecule has 1 unspecified atom stereocenters. The molecule has 2 heterocycles. The highest BCUT2D eigenvalue weighted by atomic mass is 127. The Morgan fingerprint density at radius 1 is 1.31 bits per heavy atom. The van der Waals surface area contributed by atoms with Crippen LogP contribution in [0.25, 0.3) is 10.9 Å². The van der Waals surface area contributed by atoms with Crippen LogP contribution in [-0.2, 0) is 15.9 Å². The van der Waals surface area contributed by atoms with Gasteiger partial charge in [-0.2, -0.15) is 0 Å². The Kier molecular flexibility index (Phi) is 9.21. The van der Waals surface area contributed by atoms with Gasteiger partial charge in [-0.25, -0.2) is 0 Å². The second-order valence-electron chi connectivity index (χ2n) is 6.25. The smallest absolute Gasteiger partial charge is 0.190 e. The van der Waals surface area contributed by atoms with E-state index >= 15 is 0 Å². The van der Waals surface area contributed by atoms with E-state index in [-0.39, 0.29) is 30.1 Å². The van der Waals surface area contributed by atoms with E-state index in [4.69, 9.17) is 9.47 Å². The van der Waals surface area contributed by atoms with Crippen molar-refractivity contribution in [1.29, 1.82) is 0 Å². The summed E-state index contributed by atoms with van der Waals surface area (Å²) in [6, 6.07) is 8.39. The first kappa shape index (κ1) is 21.0. The minimum atomic E-state index is 0. The van der Waals surface area contributed by atoms with Crippen molar-refractivity contribution in [2.45, 2.75) is 25.4 Å². The second kappa shape index (κ2) is 11.4. The van der Waals surface area contributed by atoms with Crippen molar-refractivity contribution in [1.82, 2.24) is 15.6 Å². The number of nitrogens with zero attached hydrogens (tertiary/aromatic N) is 1. The lowest BCUT2D eigenvalue weighted by atomic mass is 10.1. The predicted molar refractivity (Wildman–Crippen MR) is 117 cm³/mol. The van der Waals surface area contributed by atoms with Crippen molar-refractivity contribution < 1.29 is 9.47 Å². The molecule has 0 aliphatic carbocycles. The number of ether oxygens (including phenoxy) is 2. The monoisotopic (exact) mass is 472 g/mol. The number of fused-ring (bicyclic) bond motifs is 1. The summed E-state index contributed by atoms with van der Waals surface area (Å²) >= 11 is 0. The Hall–Kier alpha value is -1.32. The fraction of sp³-hybridized carbons (Fsp3) is 0.526. The van der Waals surface area contributed by atoms with E-state index < -0.39 is 0 Å². The number of aromatic nitrogens is 1. The van der Waals surface area contributed by atoms with Crippen LogP contribution in [0.3, 0.4) is 0 Å². The van der Waals surface area contributed by atoms with Crippen LogP contribution in [-0.4, -0.2) is 57.0 Å². The molecular weight excluding hydrogens is 443 g/mol. The maximum Gasteiger partial charge on any atom is 0.190 e. The van der Waals surface area contributed by atoms with Gasteiger partial charge in [0, 0.05) is 50.5 Å². The van der Waals surface area contributed by atoms with Crippen LogP contribution in [0.1, 0.15) is 18.4 Å². The van der Waals surface area contributed by atoms with Gasteiger partial charge >= 0.3 is 0 Å². The molecule has 7 heteroatoms. The molecule has 26 heavy (non-hydrogen) atoms. The molecule has 0 saturated carbocycles. The van der Waals surface area contributed by atoms with Crippen molar-refractivity contribution in [3.8, 4) is 0 Å². The molecule has 2 aromatic rings. The quantitative estimate of drug-likeness (QED) is 0.239. The Morgan fingerprint density at radius 3 is 2.96 bits per heavy atom. The predicted octanol–water partition coefficient (Wildman–Crippen LogP) is 2.69. The van der Waals surface area contributed by atoms with Gasteiger partial charge in [0.25, 0.3) is 0 Å². The molecule has 3 rings (SSSR count). The van der Waals surface area contributed by atoms with E-state index in [1.165, 1.54) is 16.5 Å². The van der Waals surface area contributed by atoms with Crippen molar-refractivity contribution >= 4 is 40.8 Å². The standard InChI is InChI=1S/C19H28N4O2.HI/c1-20-19(21-9-4-11-25-16-8-12-24-14-16)22-10-7-15-13-23-18-6-3-2-5-17(15)18;/h2-3,5-6,13,16,23H,4,7-12,14H2,1H3,(H2,20,21,22);1H. The average Bonchev–Trinajstić information content (AvgIpc) is 3.30. The molecular formula is C19H29IN4O2. The number of halogens is 1. The topological polar surface area (TPSA) is 70.7 Å². The summed E-state index contributed by atoms with van der Waals surface area (Å²) in [4.78, 5) is 7.59. The minimum absolute atomic E-state index is 0. The third kappa shape index (κ3) is 6.14. The van der Waals surface area contributed by atoms with Gasteiger partial charge < -0.3 is 25.1 Å². The molecule has 1 fully saturated rings. The summed E-state index contributed by atoms with van der Waals surface area (Å²) in [6.07, 6.45) is 5.31. The Bertz CT molecular complexity index is 683. The van der Waals surface area contributed by atoms with Gasteiger partial charge in [0.2, 0.25) is 0 Å². The highest BCUT2D eigenvalue weighted by Gasteiger charge is 2.15. The summed E-state index contributed by atoms with van der Waals surface area (Å²) < 4.78 is 11.1. The summed E-state index contributed by atoms with van der Waals surface area (Å²) in [5, 5.41) is 7.99. The van der Waals surface area contributed by atoms with Crippen LogP contribution < -0.4 is 10.6 Å². The minimum Gasteiger partial charge on any atom is -0.379 e. The SMILES string of the molecule is CN=C(NCCCOC1CCOC1)NCCc1c[nH]c2ccccc12.I. The zero-order chi connectivity index (χ0) is 17.3. The second-order valence-corrected chi connectivity index (χ2v) is 6.25. The van der Waals surface area contributed by atoms with E-state index in [1.54, 1.807) is 7.05 Å². The molecule has 1 aliphatic heterocycles. The highest BCUT2D eigenvalue weighted by Crippen LogP contribution is 2.17. The number of para-hydroxylation sites is 1. The summed E-state index contributed by atoms with van der Waals surface area (Å²) in [7, 11) is 1.80. The van der Waals surface area contributed by atoms with E-state index in [0.29, 0.717) is 0 Å². The van der Waals surface area contributed by atoms with Gasteiger partial charge in [-0.15, -0.1) is 24.0 Å². The number of hydrogen-bond acceptors (Lipinski definition) is 3. The number of aliphatic imine (C=N–C) groups is 1. The van der Waals surface area contributed by atoms with Crippen molar-refractivity contribution in [3.63, 3.8) is 0 Å². The lowest BCUT2D eigenvalue weighted by Gasteiger charge is -2.13. The molecule has 0 amide bonds. The van der Waals surface area contributed by atoms with Gasteiger partial charge in [-0.1, -0.05) is 18.2 Å².